The Hall–Kier alpha value is -1.28. The SMILES string of the molecule is C1=Cc2c(cccc2OCC2CO2)C1.CC. The van der Waals surface area contributed by atoms with Crippen LogP contribution in [-0.4, -0.2) is 19.3 Å². The quantitative estimate of drug-likeness (QED) is 0.727. The molecule has 1 aromatic carbocycles. The number of hydrogen-bond acceptors (Lipinski definition) is 2. The van der Waals surface area contributed by atoms with Crippen molar-refractivity contribution in [2.45, 2.75) is 26.4 Å². The maximum Gasteiger partial charge on any atom is 0.126 e. The minimum atomic E-state index is 0.330. The molecule has 0 amide bonds. The molecule has 1 heterocycles. The fourth-order valence-corrected chi connectivity index (χ4v) is 1.73. The summed E-state index contributed by atoms with van der Waals surface area (Å²) in [4.78, 5) is 0. The van der Waals surface area contributed by atoms with Crippen LogP contribution in [-0.2, 0) is 11.2 Å². The van der Waals surface area contributed by atoms with E-state index in [0.717, 1.165) is 18.8 Å². The summed E-state index contributed by atoms with van der Waals surface area (Å²) in [6, 6.07) is 6.22. The van der Waals surface area contributed by atoms with Gasteiger partial charge in [-0.2, -0.15) is 0 Å². The van der Waals surface area contributed by atoms with E-state index in [1.807, 2.05) is 19.9 Å². The molecule has 1 aliphatic carbocycles. The Kier molecular flexibility index (Phi) is 3.62. The Bertz CT molecular complexity index is 378. The summed E-state index contributed by atoms with van der Waals surface area (Å²) in [5, 5.41) is 0. The molecule has 2 nitrogen and oxygen atoms in total. The van der Waals surface area contributed by atoms with E-state index in [2.05, 4.69) is 24.3 Å². The van der Waals surface area contributed by atoms with Crippen LogP contribution in [0.25, 0.3) is 6.08 Å². The molecule has 0 aromatic heterocycles. The fourth-order valence-electron chi connectivity index (χ4n) is 1.73. The van der Waals surface area contributed by atoms with Crippen LogP contribution >= 0.6 is 0 Å². The summed E-state index contributed by atoms with van der Waals surface area (Å²) in [5.41, 5.74) is 2.60. The molecule has 0 saturated carbocycles. The minimum Gasteiger partial charge on any atom is -0.490 e. The maximum atomic E-state index is 5.70. The van der Waals surface area contributed by atoms with Crippen molar-refractivity contribution in [2.24, 2.45) is 0 Å². The van der Waals surface area contributed by atoms with E-state index < -0.39 is 0 Å². The molecule has 0 N–H and O–H groups in total. The molecule has 1 fully saturated rings. The third-order valence-corrected chi connectivity index (χ3v) is 2.61. The number of allylic oxidation sites excluding steroid dienone is 1. The standard InChI is InChI=1S/C12H12O2.C2H6/c1-3-9-4-2-6-12(11(9)5-1)14-8-10-7-13-10;1-2/h1-2,4-6,10H,3,7-8H2;1-2H3. The van der Waals surface area contributed by atoms with Crippen LogP contribution in [0.3, 0.4) is 0 Å². The van der Waals surface area contributed by atoms with E-state index >= 15 is 0 Å². The van der Waals surface area contributed by atoms with Crippen molar-refractivity contribution in [3.8, 4) is 5.75 Å². The first-order valence-corrected chi connectivity index (χ1v) is 5.96. The number of epoxide rings is 1. The zero-order chi connectivity index (χ0) is 11.4. The van der Waals surface area contributed by atoms with Crippen molar-refractivity contribution >= 4 is 6.08 Å². The van der Waals surface area contributed by atoms with Crippen molar-refractivity contribution in [3.63, 3.8) is 0 Å². The van der Waals surface area contributed by atoms with Gasteiger partial charge in [0, 0.05) is 5.56 Å². The van der Waals surface area contributed by atoms with Crippen molar-refractivity contribution < 1.29 is 9.47 Å². The van der Waals surface area contributed by atoms with E-state index in [1.165, 1.54) is 11.1 Å². The van der Waals surface area contributed by atoms with Crippen LogP contribution in [0.5, 0.6) is 5.75 Å². The van der Waals surface area contributed by atoms with E-state index in [-0.39, 0.29) is 0 Å². The lowest BCUT2D eigenvalue weighted by atomic mass is 10.1. The van der Waals surface area contributed by atoms with Gasteiger partial charge in [0.25, 0.3) is 0 Å². The number of ether oxygens (including phenoxy) is 2. The first-order valence-electron chi connectivity index (χ1n) is 5.96. The van der Waals surface area contributed by atoms with Crippen LogP contribution < -0.4 is 4.74 Å². The van der Waals surface area contributed by atoms with Gasteiger partial charge in [-0.05, 0) is 18.1 Å². The largest absolute Gasteiger partial charge is 0.490 e. The van der Waals surface area contributed by atoms with Crippen molar-refractivity contribution in [2.75, 3.05) is 13.2 Å². The highest BCUT2D eigenvalue weighted by Gasteiger charge is 2.23. The Morgan fingerprint density at radius 3 is 2.94 bits per heavy atom. The molecular weight excluding hydrogens is 200 g/mol. The second kappa shape index (κ2) is 5.17. The smallest absolute Gasteiger partial charge is 0.126 e. The van der Waals surface area contributed by atoms with Crippen LogP contribution in [0, 0.1) is 0 Å². The fraction of sp³-hybridized carbons (Fsp3) is 0.429. The highest BCUT2D eigenvalue weighted by atomic mass is 16.6. The molecule has 1 aliphatic heterocycles. The third kappa shape index (κ3) is 2.45. The van der Waals surface area contributed by atoms with Crippen LogP contribution in [0.2, 0.25) is 0 Å². The summed E-state index contributed by atoms with van der Waals surface area (Å²) in [6.07, 6.45) is 5.67. The van der Waals surface area contributed by atoms with E-state index in [9.17, 15) is 0 Å². The van der Waals surface area contributed by atoms with Crippen molar-refractivity contribution in [3.05, 3.63) is 35.4 Å². The molecule has 2 aliphatic rings. The number of hydrogen-bond donors (Lipinski definition) is 0. The Morgan fingerprint density at radius 1 is 1.38 bits per heavy atom. The monoisotopic (exact) mass is 218 g/mol. The van der Waals surface area contributed by atoms with Gasteiger partial charge in [-0.25, -0.2) is 0 Å². The molecule has 0 bridgehead atoms. The van der Waals surface area contributed by atoms with Crippen LogP contribution in [0.1, 0.15) is 25.0 Å². The van der Waals surface area contributed by atoms with Gasteiger partial charge >= 0.3 is 0 Å². The van der Waals surface area contributed by atoms with Crippen LogP contribution in [0.15, 0.2) is 24.3 Å². The molecule has 1 atom stereocenters. The molecule has 1 unspecified atom stereocenters. The van der Waals surface area contributed by atoms with Gasteiger partial charge < -0.3 is 9.47 Å². The predicted molar refractivity (Wildman–Crippen MR) is 65.8 cm³/mol. The molecular formula is C14H18O2. The van der Waals surface area contributed by atoms with Gasteiger partial charge in [0.05, 0.1) is 6.61 Å². The zero-order valence-electron chi connectivity index (χ0n) is 9.90. The van der Waals surface area contributed by atoms with Crippen molar-refractivity contribution in [1.82, 2.24) is 0 Å². The molecule has 1 aromatic rings. The van der Waals surface area contributed by atoms with Gasteiger partial charge in [0.2, 0.25) is 0 Å². The molecule has 2 heteroatoms. The first kappa shape index (κ1) is 11.2. The molecule has 1 saturated heterocycles. The minimum absolute atomic E-state index is 0.330. The lowest BCUT2D eigenvalue weighted by Gasteiger charge is -2.08. The normalized spacial score (nSPS) is 19.8. The topological polar surface area (TPSA) is 21.8 Å². The van der Waals surface area contributed by atoms with Gasteiger partial charge in [0.1, 0.15) is 18.5 Å². The van der Waals surface area contributed by atoms with E-state index in [4.69, 9.17) is 9.47 Å². The maximum absolute atomic E-state index is 5.70. The molecule has 0 radical (unpaired) electrons. The summed E-state index contributed by atoms with van der Waals surface area (Å²) >= 11 is 0. The predicted octanol–water partition coefficient (Wildman–Crippen LogP) is 3.06. The van der Waals surface area contributed by atoms with Gasteiger partial charge in [0.15, 0.2) is 0 Å². The Balaban J connectivity index is 0.000000457. The molecule has 3 rings (SSSR count). The first-order chi connectivity index (χ1) is 7.93. The summed E-state index contributed by atoms with van der Waals surface area (Å²) in [5.74, 6) is 0.992. The zero-order valence-corrected chi connectivity index (χ0v) is 9.90. The lowest BCUT2D eigenvalue weighted by Crippen LogP contribution is -2.05. The molecule has 86 valence electrons. The highest BCUT2D eigenvalue weighted by Crippen LogP contribution is 2.29. The summed E-state index contributed by atoms with van der Waals surface area (Å²) in [6.45, 7) is 5.54. The summed E-state index contributed by atoms with van der Waals surface area (Å²) in [7, 11) is 0. The second-order valence-electron chi connectivity index (χ2n) is 3.70. The van der Waals surface area contributed by atoms with Crippen molar-refractivity contribution in [1.29, 1.82) is 0 Å². The second-order valence-corrected chi connectivity index (χ2v) is 3.70. The van der Waals surface area contributed by atoms with Crippen LogP contribution in [0.4, 0.5) is 0 Å². The number of benzene rings is 1. The van der Waals surface area contributed by atoms with E-state index in [1.54, 1.807) is 0 Å². The Labute approximate surface area is 96.9 Å². The highest BCUT2D eigenvalue weighted by molar-refractivity contribution is 5.66. The molecule has 0 spiro atoms. The van der Waals surface area contributed by atoms with Gasteiger partial charge in [-0.1, -0.05) is 38.1 Å². The third-order valence-electron chi connectivity index (χ3n) is 2.61. The average molecular weight is 218 g/mol. The Morgan fingerprint density at radius 2 is 2.19 bits per heavy atom. The lowest BCUT2D eigenvalue weighted by molar-refractivity contribution is 0.262. The average Bonchev–Trinajstić information content (AvgIpc) is 3.04. The number of rotatable bonds is 3. The van der Waals surface area contributed by atoms with Gasteiger partial charge in [-0.15, -0.1) is 0 Å². The molecule has 16 heavy (non-hydrogen) atoms. The van der Waals surface area contributed by atoms with Gasteiger partial charge in [-0.3, -0.25) is 0 Å². The van der Waals surface area contributed by atoms with E-state index in [0.29, 0.717) is 12.7 Å². The summed E-state index contributed by atoms with van der Waals surface area (Å²) < 4.78 is 10.8. The number of fused-ring (bicyclic) bond motifs is 1.